The zero-order valence-electron chi connectivity index (χ0n) is 17.4. The van der Waals surface area contributed by atoms with Crippen molar-refractivity contribution in [2.24, 2.45) is 5.92 Å². The van der Waals surface area contributed by atoms with E-state index in [2.05, 4.69) is 5.32 Å². The van der Waals surface area contributed by atoms with Gasteiger partial charge in [-0.2, -0.15) is 0 Å². The molecule has 9 nitrogen and oxygen atoms in total. The minimum absolute atomic E-state index is 0.110. The smallest absolute Gasteiger partial charge is 0.309 e. The SMILES string of the molecule is CN(CC(=O)NC(C)(C)C)C(=O)COC(=O)C1CCN(C(=O)c2ccco2)CC1. The number of carbonyl (C=O) groups is 4. The highest BCUT2D eigenvalue weighted by Crippen LogP contribution is 2.20. The van der Waals surface area contributed by atoms with E-state index in [0.29, 0.717) is 25.9 Å². The zero-order chi connectivity index (χ0) is 21.6. The number of nitrogens with zero attached hydrogens (tertiary/aromatic N) is 2. The summed E-state index contributed by atoms with van der Waals surface area (Å²) in [4.78, 5) is 51.3. The van der Waals surface area contributed by atoms with Crippen molar-refractivity contribution < 1.29 is 28.3 Å². The number of likely N-dealkylation sites (tertiary alicyclic amines) is 1. The molecule has 0 bridgehead atoms. The number of hydrogen-bond acceptors (Lipinski definition) is 6. The topological polar surface area (TPSA) is 109 Å². The van der Waals surface area contributed by atoms with Crippen LogP contribution in [0.25, 0.3) is 0 Å². The average molecular weight is 407 g/mol. The van der Waals surface area contributed by atoms with Crippen LogP contribution in [-0.4, -0.2) is 72.3 Å². The normalized spacial score (nSPS) is 15.0. The highest BCUT2D eigenvalue weighted by atomic mass is 16.5. The predicted octanol–water partition coefficient (Wildman–Crippen LogP) is 1.05. The van der Waals surface area contributed by atoms with Gasteiger partial charge in [0.15, 0.2) is 12.4 Å². The minimum Gasteiger partial charge on any atom is -0.459 e. The van der Waals surface area contributed by atoms with Crippen molar-refractivity contribution in [3.63, 3.8) is 0 Å². The molecule has 160 valence electrons. The Hall–Kier alpha value is -2.84. The van der Waals surface area contributed by atoms with Crippen molar-refractivity contribution in [1.29, 1.82) is 0 Å². The Balaban J connectivity index is 1.72. The van der Waals surface area contributed by atoms with E-state index < -0.39 is 18.5 Å². The molecule has 0 spiro atoms. The third-order valence-corrected chi connectivity index (χ3v) is 4.51. The highest BCUT2D eigenvalue weighted by Gasteiger charge is 2.30. The lowest BCUT2D eigenvalue weighted by Crippen LogP contribution is -2.47. The van der Waals surface area contributed by atoms with Crippen LogP contribution in [-0.2, 0) is 19.1 Å². The van der Waals surface area contributed by atoms with Crippen molar-refractivity contribution >= 4 is 23.7 Å². The van der Waals surface area contributed by atoms with Crippen molar-refractivity contribution in [2.45, 2.75) is 39.2 Å². The van der Waals surface area contributed by atoms with Gasteiger partial charge in [-0.3, -0.25) is 19.2 Å². The molecule has 2 rings (SSSR count). The van der Waals surface area contributed by atoms with E-state index in [0.717, 1.165) is 0 Å². The van der Waals surface area contributed by atoms with E-state index >= 15 is 0 Å². The van der Waals surface area contributed by atoms with Crippen LogP contribution >= 0.6 is 0 Å². The van der Waals surface area contributed by atoms with Crippen LogP contribution in [0.2, 0.25) is 0 Å². The van der Waals surface area contributed by atoms with E-state index in [1.54, 1.807) is 17.0 Å². The van der Waals surface area contributed by atoms with Gasteiger partial charge in [-0.1, -0.05) is 0 Å². The fourth-order valence-corrected chi connectivity index (χ4v) is 3.00. The predicted molar refractivity (Wildman–Crippen MR) is 104 cm³/mol. The molecule has 1 aromatic rings. The van der Waals surface area contributed by atoms with E-state index in [1.807, 2.05) is 20.8 Å². The monoisotopic (exact) mass is 407 g/mol. The number of piperidine rings is 1. The maximum atomic E-state index is 12.2. The number of hydrogen-bond donors (Lipinski definition) is 1. The van der Waals surface area contributed by atoms with Gasteiger partial charge in [0.25, 0.3) is 11.8 Å². The van der Waals surface area contributed by atoms with E-state index in [-0.39, 0.29) is 35.6 Å². The van der Waals surface area contributed by atoms with E-state index in [4.69, 9.17) is 9.15 Å². The largest absolute Gasteiger partial charge is 0.459 e. The van der Waals surface area contributed by atoms with Crippen LogP contribution in [0, 0.1) is 5.92 Å². The number of ether oxygens (including phenoxy) is 1. The summed E-state index contributed by atoms with van der Waals surface area (Å²) in [7, 11) is 1.48. The molecule has 0 unspecified atom stereocenters. The summed E-state index contributed by atoms with van der Waals surface area (Å²) < 4.78 is 10.2. The quantitative estimate of drug-likeness (QED) is 0.706. The molecule has 2 heterocycles. The first-order chi connectivity index (χ1) is 13.6. The van der Waals surface area contributed by atoms with Gasteiger partial charge in [0.1, 0.15) is 0 Å². The molecule has 0 aromatic carbocycles. The minimum atomic E-state index is -0.462. The van der Waals surface area contributed by atoms with Gasteiger partial charge in [-0.15, -0.1) is 0 Å². The molecule has 1 aliphatic rings. The van der Waals surface area contributed by atoms with Gasteiger partial charge in [-0.25, -0.2) is 0 Å². The molecule has 3 amide bonds. The Bertz CT molecular complexity index is 730. The zero-order valence-corrected chi connectivity index (χ0v) is 17.4. The lowest BCUT2D eigenvalue weighted by Gasteiger charge is -2.30. The summed E-state index contributed by atoms with van der Waals surface area (Å²) >= 11 is 0. The Labute approximate surface area is 170 Å². The van der Waals surface area contributed by atoms with Crippen LogP contribution in [0.3, 0.4) is 0 Å². The summed E-state index contributed by atoms with van der Waals surface area (Å²) in [5.74, 6) is -1.49. The summed E-state index contributed by atoms with van der Waals surface area (Å²) in [6.07, 6.45) is 2.37. The summed E-state index contributed by atoms with van der Waals surface area (Å²) in [6, 6.07) is 3.25. The number of esters is 1. The molecule has 0 aliphatic carbocycles. The molecule has 0 radical (unpaired) electrons. The molecule has 1 saturated heterocycles. The average Bonchev–Trinajstić information content (AvgIpc) is 3.18. The molecular formula is C20H29N3O6. The number of furan rings is 1. The van der Waals surface area contributed by atoms with Crippen LogP contribution in [0.4, 0.5) is 0 Å². The van der Waals surface area contributed by atoms with Gasteiger partial charge in [0.2, 0.25) is 5.91 Å². The molecule has 0 saturated carbocycles. The number of carbonyl (C=O) groups excluding carboxylic acids is 4. The second-order valence-electron chi connectivity index (χ2n) is 8.20. The lowest BCUT2D eigenvalue weighted by molar-refractivity contribution is -0.156. The Morgan fingerprint density at radius 1 is 1.24 bits per heavy atom. The Morgan fingerprint density at radius 3 is 2.45 bits per heavy atom. The number of likely N-dealkylation sites (N-methyl/N-ethyl adjacent to an activating group) is 1. The Morgan fingerprint density at radius 2 is 1.90 bits per heavy atom. The van der Waals surface area contributed by atoms with Gasteiger partial charge >= 0.3 is 5.97 Å². The standard InChI is InChI=1S/C20H29N3O6/c1-20(2,3)21-16(24)12-22(4)17(25)13-29-19(27)14-7-9-23(10-8-14)18(26)15-6-5-11-28-15/h5-6,11,14H,7-10,12-13H2,1-4H3,(H,21,24). The van der Waals surface area contributed by atoms with Gasteiger partial charge in [0, 0.05) is 25.7 Å². The first kappa shape index (κ1) is 22.4. The summed E-state index contributed by atoms with van der Waals surface area (Å²) in [5.41, 5.74) is -0.388. The number of amides is 3. The van der Waals surface area contributed by atoms with Crippen LogP contribution in [0.5, 0.6) is 0 Å². The molecular weight excluding hydrogens is 378 g/mol. The van der Waals surface area contributed by atoms with Gasteiger partial charge < -0.3 is 24.3 Å². The first-order valence-electron chi connectivity index (χ1n) is 9.61. The van der Waals surface area contributed by atoms with Crippen LogP contribution in [0.1, 0.15) is 44.2 Å². The van der Waals surface area contributed by atoms with Crippen LogP contribution < -0.4 is 5.32 Å². The second-order valence-corrected chi connectivity index (χ2v) is 8.20. The number of rotatable bonds is 6. The van der Waals surface area contributed by atoms with Crippen LogP contribution in [0.15, 0.2) is 22.8 Å². The molecule has 9 heteroatoms. The van der Waals surface area contributed by atoms with Gasteiger partial charge in [-0.05, 0) is 45.7 Å². The first-order valence-corrected chi connectivity index (χ1v) is 9.61. The fraction of sp³-hybridized carbons (Fsp3) is 0.600. The van der Waals surface area contributed by atoms with Gasteiger partial charge in [0.05, 0.1) is 18.7 Å². The third-order valence-electron chi connectivity index (χ3n) is 4.51. The lowest BCUT2D eigenvalue weighted by atomic mass is 9.97. The second kappa shape index (κ2) is 9.58. The molecule has 29 heavy (non-hydrogen) atoms. The maximum absolute atomic E-state index is 12.2. The molecule has 0 atom stereocenters. The van der Waals surface area contributed by atoms with Crippen molar-refractivity contribution in [3.8, 4) is 0 Å². The molecule has 1 aliphatic heterocycles. The molecule has 1 aromatic heterocycles. The maximum Gasteiger partial charge on any atom is 0.309 e. The summed E-state index contributed by atoms with van der Waals surface area (Å²) in [6.45, 7) is 5.86. The van der Waals surface area contributed by atoms with E-state index in [1.165, 1.54) is 18.2 Å². The fourth-order valence-electron chi connectivity index (χ4n) is 3.00. The van der Waals surface area contributed by atoms with Crippen molar-refractivity contribution in [1.82, 2.24) is 15.1 Å². The highest BCUT2D eigenvalue weighted by molar-refractivity contribution is 5.91. The summed E-state index contributed by atoms with van der Waals surface area (Å²) in [5, 5.41) is 2.77. The third kappa shape index (κ3) is 6.92. The van der Waals surface area contributed by atoms with E-state index in [9.17, 15) is 19.2 Å². The Kier molecular flexibility index (Phi) is 7.41. The van der Waals surface area contributed by atoms with Crippen molar-refractivity contribution in [3.05, 3.63) is 24.2 Å². The van der Waals surface area contributed by atoms with Crippen molar-refractivity contribution in [2.75, 3.05) is 33.3 Å². The molecule has 1 fully saturated rings. The molecule has 1 N–H and O–H groups in total. The number of nitrogens with one attached hydrogen (secondary N) is 1.